The van der Waals surface area contributed by atoms with Crippen molar-refractivity contribution >= 4 is 29.9 Å². The molecule has 1 aliphatic carbocycles. The Labute approximate surface area is 183 Å². The molecule has 1 saturated carbocycles. The Kier molecular flexibility index (Phi) is 7.29. The van der Waals surface area contributed by atoms with E-state index >= 15 is 0 Å². The van der Waals surface area contributed by atoms with Crippen molar-refractivity contribution in [3.8, 4) is 0 Å². The molecule has 0 bridgehead atoms. The molecule has 1 aliphatic heterocycles. The van der Waals surface area contributed by atoms with E-state index in [0.717, 1.165) is 44.5 Å². The van der Waals surface area contributed by atoms with Crippen molar-refractivity contribution in [2.24, 2.45) is 10.7 Å². The highest BCUT2D eigenvalue weighted by atomic mass is 127. The van der Waals surface area contributed by atoms with Gasteiger partial charge in [0.25, 0.3) is 0 Å². The number of piperidine rings is 1. The van der Waals surface area contributed by atoms with Gasteiger partial charge in [-0.1, -0.05) is 42.5 Å². The number of halogens is 2. The number of guanidine groups is 1. The Morgan fingerprint density at radius 1 is 1.07 bits per heavy atom. The van der Waals surface area contributed by atoms with Gasteiger partial charge in [0, 0.05) is 31.6 Å². The standard InChI is InChI=1S/C22H27FN4.HI/c23-18-8-6-17(7-9-18)20-14-21(20)26-22(24)25-19-10-12-27(13-11-19)15-16-4-2-1-3-5-16;/h1-9,19-21H,10-15H2,(H3,24,25,26);1H/t20-,21+;/m0./s1. The number of benzene rings is 2. The Hall–Kier alpha value is -1.67. The minimum absolute atomic E-state index is 0. The lowest BCUT2D eigenvalue weighted by Crippen LogP contribution is -2.47. The first kappa shape index (κ1) is 21.0. The quantitative estimate of drug-likeness (QED) is 0.377. The summed E-state index contributed by atoms with van der Waals surface area (Å²) in [6.07, 6.45) is 3.15. The predicted octanol–water partition coefficient (Wildman–Crippen LogP) is 3.87. The van der Waals surface area contributed by atoms with Crippen molar-refractivity contribution in [2.45, 2.75) is 43.8 Å². The highest BCUT2D eigenvalue weighted by Crippen LogP contribution is 2.43. The molecule has 2 atom stereocenters. The zero-order valence-corrected chi connectivity index (χ0v) is 18.3. The fourth-order valence-corrected chi connectivity index (χ4v) is 3.89. The van der Waals surface area contributed by atoms with Crippen molar-refractivity contribution in [1.82, 2.24) is 10.2 Å². The van der Waals surface area contributed by atoms with Crippen LogP contribution in [0.4, 0.5) is 4.39 Å². The molecule has 0 spiro atoms. The number of nitrogens with zero attached hydrogens (tertiary/aromatic N) is 2. The van der Waals surface area contributed by atoms with E-state index in [1.54, 1.807) is 0 Å². The Bertz CT molecular complexity index is 773. The second-order valence-corrected chi connectivity index (χ2v) is 7.66. The molecule has 1 heterocycles. The van der Waals surface area contributed by atoms with Gasteiger partial charge in [0.2, 0.25) is 0 Å². The maximum absolute atomic E-state index is 13.0. The summed E-state index contributed by atoms with van der Waals surface area (Å²) < 4.78 is 13.0. The minimum atomic E-state index is -0.195. The van der Waals surface area contributed by atoms with E-state index in [2.05, 4.69) is 45.5 Å². The molecule has 150 valence electrons. The molecule has 2 fully saturated rings. The first-order valence-electron chi connectivity index (χ1n) is 9.79. The summed E-state index contributed by atoms with van der Waals surface area (Å²) in [6, 6.07) is 18.0. The van der Waals surface area contributed by atoms with Crippen molar-refractivity contribution in [3.05, 3.63) is 71.5 Å². The molecule has 28 heavy (non-hydrogen) atoms. The molecule has 0 radical (unpaired) electrons. The van der Waals surface area contributed by atoms with Crippen LogP contribution in [0.1, 0.15) is 36.3 Å². The summed E-state index contributed by atoms with van der Waals surface area (Å²) in [5.41, 5.74) is 8.65. The lowest BCUT2D eigenvalue weighted by molar-refractivity contribution is 0.199. The van der Waals surface area contributed by atoms with Gasteiger partial charge in [-0.05, 0) is 42.5 Å². The summed E-state index contributed by atoms with van der Waals surface area (Å²) in [4.78, 5) is 7.12. The van der Waals surface area contributed by atoms with Crippen LogP contribution in [0.15, 0.2) is 59.6 Å². The average molecular weight is 494 g/mol. The monoisotopic (exact) mass is 494 g/mol. The molecule has 6 heteroatoms. The fraction of sp³-hybridized carbons (Fsp3) is 0.409. The van der Waals surface area contributed by atoms with Crippen molar-refractivity contribution in [2.75, 3.05) is 13.1 Å². The smallest absolute Gasteiger partial charge is 0.189 e. The van der Waals surface area contributed by atoms with Gasteiger partial charge in [0.1, 0.15) is 5.82 Å². The van der Waals surface area contributed by atoms with Crippen molar-refractivity contribution in [1.29, 1.82) is 0 Å². The van der Waals surface area contributed by atoms with Gasteiger partial charge < -0.3 is 11.1 Å². The summed E-state index contributed by atoms with van der Waals surface area (Å²) in [6.45, 7) is 3.15. The van der Waals surface area contributed by atoms with E-state index in [1.807, 2.05) is 12.1 Å². The van der Waals surface area contributed by atoms with E-state index in [4.69, 9.17) is 5.73 Å². The summed E-state index contributed by atoms with van der Waals surface area (Å²) >= 11 is 0. The van der Waals surface area contributed by atoms with E-state index < -0.39 is 0 Å². The van der Waals surface area contributed by atoms with E-state index in [-0.39, 0.29) is 35.8 Å². The van der Waals surface area contributed by atoms with Gasteiger partial charge in [-0.25, -0.2) is 9.38 Å². The first-order valence-corrected chi connectivity index (χ1v) is 9.79. The number of hydrogen-bond donors (Lipinski definition) is 2. The zero-order valence-electron chi connectivity index (χ0n) is 15.9. The van der Waals surface area contributed by atoms with Crippen LogP contribution >= 0.6 is 24.0 Å². The van der Waals surface area contributed by atoms with Crippen LogP contribution in [0.2, 0.25) is 0 Å². The molecule has 2 aromatic carbocycles. The molecular formula is C22H28FIN4. The van der Waals surface area contributed by atoms with Gasteiger partial charge in [0.15, 0.2) is 5.96 Å². The van der Waals surface area contributed by atoms with Gasteiger partial charge in [0.05, 0.1) is 6.04 Å². The SMILES string of the molecule is I.NC(=N[C@@H]1C[C@H]1c1ccc(F)cc1)NC1CCN(Cc2ccccc2)CC1. The third-order valence-electron chi connectivity index (χ3n) is 5.55. The van der Waals surface area contributed by atoms with Crippen LogP contribution < -0.4 is 11.1 Å². The minimum Gasteiger partial charge on any atom is -0.370 e. The van der Waals surface area contributed by atoms with E-state index in [9.17, 15) is 4.39 Å². The largest absolute Gasteiger partial charge is 0.370 e. The number of nitrogens with two attached hydrogens (primary N) is 1. The Balaban J connectivity index is 0.00000225. The molecule has 3 N–H and O–H groups in total. The molecule has 4 rings (SSSR count). The molecule has 0 unspecified atom stereocenters. The molecule has 0 amide bonds. The third-order valence-corrected chi connectivity index (χ3v) is 5.55. The molecule has 4 nitrogen and oxygen atoms in total. The van der Waals surface area contributed by atoms with Crippen molar-refractivity contribution in [3.63, 3.8) is 0 Å². The van der Waals surface area contributed by atoms with E-state index in [1.165, 1.54) is 17.7 Å². The lowest BCUT2D eigenvalue weighted by atomic mass is 10.0. The normalized spacial score (nSPS) is 23.1. The summed E-state index contributed by atoms with van der Waals surface area (Å²) in [5.74, 6) is 0.726. The second kappa shape index (κ2) is 9.69. The summed E-state index contributed by atoms with van der Waals surface area (Å²) in [5, 5.41) is 3.40. The Morgan fingerprint density at radius 2 is 1.75 bits per heavy atom. The third kappa shape index (κ3) is 5.67. The lowest BCUT2D eigenvalue weighted by Gasteiger charge is -2.32. The number of aliphatic imine (C=N–C) groups is 1. The molecule has 1 saturated heterocycles. The van der Waals surface area contributed by atoms with Crippen LogP contribution in [-0.2, 0) is 6.54 Å². The summed E-state index contributed by atoms with van der Waals surface area (Å²) in [7, 11) is 0. The molecule has 0 aromatic heterocycles. The molecule has 2 aromatic rings. The van der Waals surface area contributed by atoms with Crippen LogP contribution in [0.3, 0.4) is 0 Å². The van der Waals surface area contributed by atoms with Crippen molar-refractivity contribution < 1.29 is 4.39 Å². The van der Waals surface area contributed by atoms with Crippen LogP contribution in [-0.4, -0.2) is 36.0 Å². The first-order chi connectivity index (χ1) is 13.2. The molecule has 2 aliphatic rings. The maximum Gasteiger partial charge on any atom is 0.189 e. The number of hydrogen-bond acceptors (Lipinski definition) is 2. The zero-order chi connectivity index (χ0) is 18.6. The maximum atomic E-state index is 13.0. The Morgan fingerprint density at radius 3 is 2.43 bits per heavy atom. The number of rotatable bonds is 5. The second-order valence-electron chi connectivity index (χ2n) is 7.66. The highest BCUT2D eigenvalue weighted by Gasteiger charge is 2.38. The van der Waals surface area contributed by atoms with Crippen LogP contribution in [0.5, 0.6) is 0 Å². The number of nitrogens with one attached hydrogen (secondary N) is 1. The number of likely N-dealkylation sites (tertiary alicyclic amines) is 1. The van der Waals surface area contributed by atoms with Crippen LogP contribution in [0.25, 0.3) is 0 Å². The highest BCUT2D eigenvalue weighted by molar-refractivity contribution is 14.0. The molecular weight excluding hydrogens is 466 g/mol. The fourth-order valence-electron chi connectivity index (χ4n) is 3.89. The van der Waals surface area contributed by atoms with E-state index in [0.29, 0.717) is 17.9 Å². The topological polar surface area (TPSA) is 53.6 Å². The van der Waals surface area contributed by atoms with Gasteiger partial charge in [-0.15, -0.1) is 24.0 Å². The van der Waals surface area contributed by atoms with Gasteiger partial charge >= 0.3 is 0 Å². The van der Waals surface area contributed by atoms with Gasteiger partial charge in [-0.2, -0.15) is 0 Å². The predicted molar refractivity (Wildman–Crippen MR) is 122 cm³/mol. The van der Waals surface area contributed by atoms with Gasteiger partial charge in [-0.3, -0.25) is 4.90 Å². The average Bonchev–Trinajstić information content (AvgIpc) is 3.43. The van der Waals surface area contributed by atoms with Crippen LogP contribution in [0, 0.1) is 5.82 Å².